The van der Waals surface area contributed by atoms with Gasteiger partial charge in [-0.1, -0.05) is 12.1 Å². The Morgan fingerprint density at radius 1 is 0.891 bits per heavy atom. The summed E-state index contributed by atoms with van der Waals surface area (Å²) in [6, 6.07) is 20.0. The Labute approximate surface area is 265 Å². The molecule has 46 heavy (non-hydrogen) atoms. The van der Waals surface area contributed by atoms with Crippen LogP contribution >= 0.6 is 0 Å². The Morgan fingerprint density at radius 3 is 2.35 bits per heavy atom. The molecular formula is C34H34FN9O2. The normalized spacial score (nSPS) is 17.0. The number of likely N-dealkylation sites (tertiary alicyclic amines) is 1. The van der Waals surface area contributed by atoms with E-state index >= 15 is 0 Å². The molecule has 11 nitrogen and oxygen atoms in total. The van der Waals surface area contributed by atoms with Crippen LogP contribution in [0.2, 0.25) is 0 Å². The van der Waals surface area contributed by atoms with Crippen molar-refractivity contribution >= 4 is 40.0 Å². The minimum absolute atomic E-state index is 0.0651. The number of aromatic amines is 1. The van der Waals surface area contributed by atoms with Gasteiger partial charge in [0.2, 0.25) is 17.8 Å². The van der Waals surface area contributed by atoms with Gasteiger partial charge in [0.15, 0.2) is 0 Å². The second-order valence-corrected chi connectivity index (χ2v) is 11.8. The van der Waals surface area contributed by atoms with Gasteiger partial charge in [0.1, 0.15) is 5.82 Å². The lowest BCUT2D eigenvalue weighted by molar-refractivity contribution is -0.132. The number of nitrogens with two attached hydrogens (primary N) is 1. The van der Waals surface area contributed by atoms with Crippen LogP contribution in [0.3, 0.4) is 0 Å². The molecule has 2 aliphatic heterocycles. The van der Waals surface area contributed by atoms with E-state index in [-0.39, 0.29) is 29.5 Å². The Morgan fingerprint density at radius 2 is 1.61 bits per heavy atom. The quantitative estimate of drug-likeness (QED) is 0.249. The van der Waals surface area contributed by atoms with E-state index in [1.807, 2.05) is 35.2 Å². The highest BCUT2D eigenvalue weighted by Crippen LogP contribution is 2.29. The first-order chi connectivity index (χ1) is 22.4. The highest BCUT2D eigenvalue weighted by Gasteiger charge is 2.31. The molecule has 2 fully saturated rings. The highest BCUT2D eigenvalue weighted by molar-refractivity contribution is 5.99. The number of carbonyl (C=O) groups is 2. The molecule has 0 spiro atoms. The average molecular weight is 620 g/mol. The molecule has 2 saturated heterocycles. The maximum Gasteiger partial charge on any atom is 0.236 e. The van der Waals surface area contributed by atoms with Crippen LogP contribution in [0.25, 0.3) is 33.3 Å². The number of fused-ring (bicyclic) bond motifs is 1. The van der Waals surface area contributed by atoms with Crippen LogP contribution in [-0.2, 0) is 9.59 Å². The number of H-pyrrole nitrogens is 1. The number of amides is 2. The molecule has 234 valence electrons. The number of benzene rings is 3. The molecule has 2 amide bonds. The number of piperazine rings is 1. The molecule has 3 aromatic carbocycles. The summed E-state index contributed by atoms with van der Waals surface area (Å²) in [5, 5.41) is 11.3. The smallest absolute Gasteiger partial charge is 0.236 e. The van der Waals surface area contributed by atoms with E-state index < -0.39 is 0 Å². The number of nitrogen functional groups attached to an aromatic ring is 1. The van der Waals surface area contributed by atoms with Gasteiger partial charge >= 0.3 is 0 Å². The maximum atomic E-state index is 13.4. The van der Waals surface area contributed by atoms with Crippen molar-refractivity contribution in [2.45, 2.75) is 6.42 Å². The van der Waals surface area contributed by atoms with Gasteiger partial charge in [0.25, 0.3) is 0 Å². The van der Waals surface area contributed by atoms with Crippen LogP contribution < -0.4 is 16.0 Å². The number of halogens is 1. The predicted molar refractivity (Wildman–Crippen MR) is 175 cm³/mol. The van der Waals surface area contributed by atoms with Gasteiger partial charge in [0, 0.05) is 73.0 Å². The van der Waals surface area contributed by atoms with Crippen molar-refractivity contribution in [3.05, 3.63) is 84.9 Å². The third kappa shape index (κ3) is 6.24. The number of carbonyl (C=O) groups excluding carboxylic acids is 2. The zero-order chi connectivity index (χ0) is 31.6. The summed E-state index contributed by atoms with van der Waals surface area (Å²) in [6.45, 7) is 4.36. The maximum absolute atomic E-state index is 13.4. The number of hydrogen-bond donors (Lipinski definition) is 3. The largest absolute Gasteiger partial charge is 0.368 e. The van der Waals surface area contributed by atoms with Crippen LogP contribution in [0.5, 0.6) is 0 Å². The average Bonchev–Trinajstić information content (AvgIpc) is 3.73. The van der Waals surface area contributed by atoms with E-state index in [1.165, 1.54) is 12.1 Å². The minimum atomic E-state index is -0.309. The van der Waals surface area contributed by atoms with Crippen molar-refractivity contribution < 1.29 is 14.0 Å². The molecule has 0 bridgehead atoms. The molecule has 7 rings (SSSR count). The summed E-state index contributed by atoms with van der Waals surface area (Å²) in [5.74, 6) is -0.231. The van der Waals surface area contributed by atoms with Crippen LogP contribution in [0.15, 0.2) is 79.1 Å². The van der Waals surface area contributed by atoms with Crippen molar-refractivity contribution in [2.24, 2.45) is 5.92 Å². The second kappa shape index (κ2) is 12.6. The number of anilines is 3. The van der Waals surface area contributed by atoms with E-state index in [4.69, 9.17) is 5.73 Å². The number of nitrogens with zero attached hydrogens (tertiary/aromatic N) is 6. The topological polar surface area (TPSA) is 136 Å². The van der Waals surface area contributed by atoms with Crippen molar-refractivity contribution in [3.8, 4) is 22.4 Å². The standard InChI is InChI=1S/C34H34FN9O2/c35-26-5-1-23(2-6-26)32-29-17-27(7-10-30(29)40-41-32)39-33(46)24-11-12-42(20-24)21-31(45)44-15-13-43(14-16-44)28-8-3-22(4-9-28)25-18-37-34(36)38-19-25/h1-10,17-19,24H,11-16,20-21H2,(H,39,46)(H,40,41)(H2,36,37,38). The summed E-state index contributed by atoms with van der Waals surface area (Å²) >= 11 is 0. The fraction of sp³-hybridized carbons (Fsp3) is 0.265. The van der Waals surface area contributed by atoms with Gasteiger partial charge in [-0.2, -0.15) is 5.10 Å². The van der Waals surface area contributed by atoms with Gasteiger partial charge in [-0.15, -0.1) is 0 Å². The molecule has 4 heterocycles. The van der Waals surface area contributed by atoms with E-state index in [2.05, 4.69) is 47.4 Å². The van der Waals surface area contributed by atoms with E-state index in [9.17, 15) is 14.0 Å². The molecule has 0 saturated carbocycles. The van der Waals surface area contributed by atoms with Crippen molar-refractivity contribution in [1.82, 2.24) is 30.0 Å². The summed E-state index contributed by atoms with van der Waals surface area (Å²) in [4.78, 5) is 40.8. The highest BCUT2D eigenvalue weighted by atomic mass is 19.1. The van der Waals surface area contributed by atoms with E-state index in [1.54, 1.807) is 24.5 Å². The Bertz CT molecular complexity index is 1850. The lowest BCUT2D eigenvalue weighted by Gasteiger charge is -2.36. The van der Waals surface area contributed by atoms with Gasteiger partial charge in [-0.25, -0.2) is 14.4 Å². The summed E-state index contributed by atoms with van der Waals surface area (Å²) < 4.78 is 13.4. The molecule has 12 heteroatoms. The number of hydrogen-bond acceptors (Lipinski definition) is 8. The summed E-state index contributed by atoms with van der Waals surface area (Å²) in [5.41, 5.74) is 11.6. The predicted octanol–water partition coefficient (Wildman–Crippen LogP) is 4.02. The molecular weight excluding hydrogens is 585 g/mol. The van der Waals surface area contributed by atoms with E-state index in [0.29, 0.717) is 50.5 Å². The van der Waals surface area contributed by atoms with Crippen molar-refractivity contribution in [1.29, 1.82) is 0 Å². The summed E-state index contributed by atoms with van der Waals surface area (Å²) in [6.07, 6.45) is 4.12. The molecule has 1 unspecified atom stereocenters. The minimum Gasteiger partial charge on any atom is -0.368 e. The third-order valence-electron chi connectivity index (χ3n) is 8.82. The van der Waals surface area contributed by atoms with Crippen LogP contribution in [0.1, 0.15) is 6.42 Å². The van der Waals surface area contributed by atoms with Gasteiger partial charge < -0.3 is 20.9 Å². The molecule has 5 aromatic rings. The fourth-order valence-electron chi connectivity index (χ4n) is 6.21. The SMILES string of the molecule is Nc1ncc(-c2ccc(N3CCN(C(=O)CN4CCC(C(=O)Nc5ccc6[nH]nc(-c7ccc(F)cc7)c6c5)C4)CC3)cc2)cn1. The Kier molecular flexibility index (Phi) is 8.02. The molecule has 4 N–H and O–H groups in total. The lowest BCUT2D eigenvalue weighted by Crippen LogP contribution is -2.51. The molecule has 2 aromatic heterocycles. The number of rotatable bonds is 7. The zero-order valence-electron chi connectivity index (χ0n) is 25.2. The van der Waals surface area contributed by atoms with Crippen molar-refractivity contribution in [3.63, 3.8) is 0 Å². The molecule has 0 aliphatic carbocycles. The first-order valence-electron chi connectivity index (χ1n) is 15.4. The van der Waals surface area contributed by atoms with Crippen LogP contribution in [-0.4, -0.2) is 87.6 Å². The first kappa shape index (κ1) is 29.4. The lowest BCUT2D eigenvalue weighted by atomic mass is 10.1. The Balaban J connectivity index is 0.895. The number of aromatic nitrogens is 4. The van der Waals surface area contributed by atoms with Crippen LogP contribution in [0.4, 0.5) is 21.7 Å². The zero-order valence-corrected chi connectivity index (χ0v) is 25.2. The van der Waals surface area contributed by atoms with Gasteiger partial charge in [-0.05, 0) is 73.1 Å². The molecule has 0 radical (unpaired) electrons. The first-order valence-corrected chi connectivity index (χ1v) is 15.4. The molecule has 1 atom stereocenters. The third-order valence-corrected chi connectivity index (χ3v) is 8.82. The van der Waals surface area contributed by atoms with E-state index in [0.717, 1.165) is 46.4 Å². The monoisotopic (exact) mass is 619 g/mol. The van der Waals surface area contributed by atoms with Gasteiger partial charge in [-0.3, -0.25) is 19.6 Å². The fourth-order valence-corrected chi connectivity index (χ4v) is 6.21. The van der Waals surface area contributed by atoms with Crippen LogP contribution in [0, 0.1) is 11.7 Å². The number of nitrogens with one attached hydrogen (secondary N) is 2. The van der Waals surface area contributed by atoms with Gasteiger partial charge in [0.05, 0.1) is 23.7 Å². The molecule has 2 aliphatic rings. The summed E-state index contributed by atoms with van der Waals surface area (Å²) in [7, 11) is 0. The van der Waals surface area contributed by atoms with Crippen molar-refractivity contribution in [2.75, 3.05) is 61.8 Å². The Hall–Kier alpha value is -5.36. The second-order valence-electron chi connectivity index (χ2n) is 11.8.